The number of benzene rings is 2. The lowest BCUT2D eigenvalue weighted by molar-refractivity contribution is -0.127. The van der Waals surface area contributed by atoms with Crippen molar-refractivity contribution in [1.82, 2.24) is 20.6 Å². The zero-order valence-electron chi connectivity index (χ0n) is 32.0. The minimum Gasteiger partial charge on any atom is -0.493 e. The molecule has 11 nitrogen and oxygen atoms in total. The summed E-state index contributed by atoms with van der Waals surface area (Å²) >= 11 is 2.49. The average Bonchev–Trinajstić information content (AvgIpc) is 3.46. The second-order valence-corrected chi connectivity index (χ2v) is 15.9. The molecule has 0 radical (unpaired) electrons. The number of nitrogens with zero attached hydrogens (tertiary/aromatic N) is 2. The molecular formula is C42H50N4O7S2. The number of imide groups is 2. The van der Waals surface area contributed by atoms with Crippen LogP contribution in [0.1, 0.15) is 73.9 Å². The van der Waals surface area contributed by atoms with Crippen LogP contribution in [0, 0.1) is 0 Å². The van der Waals surface area contributed by atoms with E-state index in [1.165, 1.54) is 17.3 Å². The Balaban J connectivity index is 0.000000245. The van der Waals surface area contributed by atoms with Crippen LogP contribution in [0.5, 0.6) is 11.5 Å². The van der Waals surface area contributed by atoms with E-state index in [0.717, 1.165) is 59.2 Å². The van der Waals surface area contributed by atoms with Crippen molar-refractivity contribution in [3.8, 4) is 11.5 Å². The Morgan fingerprint density at radius 3 is 2.02 bits per heavy atom. The van der Waals surface area contributed by atoms with Gasteiger partial charge in [-0.15, -0.1) is 11.8 Å². The number of carbonyl (C=O) groups is 4. The second kappa shape index (κ2) is 20.8. The molecule has 4 aromatic rings. The van der Waals surface area contributed by atoms with Gasteiger partial charge in [0.1, 0.15) is 29.0 Å². The lowest BCUT2D eigenvalue weighted by Gasteiger charge is -2.28. The van der Waals surface area contributed by atoms with Crippen LogP contribution in [0.4, 0.5) is 4.79 Å². The highest BCUT2D eigenvalue weighted by atomic mass is 32.2. The highest BCUT2D eigenvalue weighted by Crippen LogP contribution is 2.35. The summed E-state index contributed by atoms with van der Waals surface area (Å²) in [6.45, 7) is 8.54. The number of amides is 4. The van der Waals surface area contributed by atoms with Gasteiger partial charge in [0.15, 0.2) is 0 Å². The largest absolute Gasteiger partial charge is 0.493 e. The van der Waals surface area contributed by atoms with Crippen LogP contribution in [-0.2, 0) is 46.5 Å². The van der Waals surface area contributed by atoms with Crippen molar-refractivity contribution in [2.45, 2.75) is 81.8 Å². The van der Waals surface area contributed by atoms with E-state index in [0.29, 0.717) is 43.7 Å². The number of rotatable bonds is 18. The molecule has 0 aliphatic carbocycles. The summed E-state index contributed by atoms with van der Waals surface area (Å²) in [6, 6.07) is 23.0. The predicted molar refractivity (Wildman–Crippen MR) is 217 cm³/mol. The number of hydrogen-bond acceptors (Lipinski definition) is 11. The van der Waals surface area contributed by atoms with Crippen molar-refractivity contribution in [1.29, 1.82) is 0 Å². The van der Waals surface area contributed by atoms with Crippen LogP contribution in [-0.4, -0.2) is 67.5 Å². The minimum absolute atomic E-state index is 0.0995. The lowest BCUT2D eigenvalue weighted by atomic mass is 9.95. The van der Waals surface area contributed by atoms with E-state index in [4.69, 9.17) is 9.47 Å². The third kappa shape index (κ3) is 12.4. The van der Waals surface area contributed by atoms with Gasteiger partial charge in [-0.05, 0) is 116 Å². The lowest BCUT2D eigenvalue weighted by Crippen LogP contribution is -2.45. The Morgan fingerprint density at radius 1 is 0.909 bits per heavy atom. The average molecular weight is 787 g/mol. The van der Waals surface area contributed by atoms with E-state index in [1.54, 1.807) is 25.3 Å². The Kier molecular flexibility index (Phi) is 16.3. The molecular weight excluding hydrogens is 737 g/mol. The molecule has 1 aliphatic heterocycles. The molecule has 5 rings (SSSR count). The van der Waals surface area contributed by atoms with Gasteiger partial charge in [-0.3, -0.25) is 39.8 Å². The molecule has 3 atom stereocenters. The van der Waals surface area contributed by atoms with Crippen LogP contribution in [0.15, 0.2) is 85.2 Å². The van der Waals surface area contributed by atoms with Gasteiger partial charge in [0, 0.05) is 24.5 Å². The van der Waals surface area contributed by atoms with Gasteiger partial charge >= 0.3 is 0 Å². The zero-order valence-corrected chi connectivity index (χ0v) is 33.6. The van der Waals surface area contributed by atoms with E-state index in [1.807, 2.05) is 74.0 Å². The molecule has 2 aromatic heterocycles. The Hall–Kier alpha value is -4.72. The smallest absolute Gasteiger partial charge is 0.286 e. The van der Waals surface area contributed by atoms with Crippen LogP contribution in [0.25, 0.3) is 0 Å². The fraction of sp³-hybridized carbons (Fsp3) is 0.381. The molecule has 1 saturated heterocycles. The number of pyridine rings is 2. The van der Waals surface area contributed by atoms with Crippen LogP contribution >= 0.6 is 23.5 Å². The standard InChI is InChI=1S/C22H28N2O3S.C20H22N2O4S/c1-4-17-6-9-19(23-15-17)12-13-27-20-10-7-18(8-11-20)14-22(5-2,28-3)21(26)24-16-25;1-3-13-6-9-16(21-11-13)17(23)12-26-15-7-4-14(5-8-15)10-20(2)18(24)22-19(25)27-20/h6-11,15-16H,4-5,12-14H2,1-3H3,(H,24,25,26);4-9,11,17,23H,3,10,12H2,1-2H3,(H,22,24,25). The number of aliphatic hydroxyl groups excluding tert-OH is 1. The first kappa shape index (κ1) is 43.0. The number of thioether (sulfide) groups is 2. The fourth-order valence-corrected chi connectivity index (χ4v) is 7.57. The van der Waals surface area contributed by atoms with Crippen molar-refractivity contribution in [3.05, 3.63) is 119 Å². The monoisotopic (exact) mass is 786 g/mol. The van der Waals surface area contributed by atoms with Crippen molar-refractivity contribution >= 4 is 47.0 Å². The van der Waals surface area contributed by atoms with Gasteiger partial charge in [0.25, 0.3) is 5.24 Å². The molecule has 4 amide bonds. The fourth-order valence-electron chi connectivity index (χ4n) is 5.79. The first-order chi connectivity index (χ1) is 26.5. The van der Waals surface area contributed by atoms with Crippen LogP contribution in [0.2, 0.25) is 0 Å². The van der Waals surface area contributed by atoms with Gasteiger partial charge in [-0.2, -0.15) is 0 Å². The molecule has 0 saturated carbocycles. The van der Waals surface area contributed by atoms with Gasteiger partial charge < -0.3 is 14.6 Å². The molecule has 3 heterocycles. The van der Waals surface area contributed by atoms with Gasteiger partial charge in [-0.25, -0.2) is 0 Å². The van der Waals surface area contributed by atoms with Crippen LogP contribution < -0.4 is 20.1 Å². The molecule has 13 heteroatoms. The summed E-state index contributed by atoms with van der Waals surface area (Å²) in [5.74, 6) is 0.896. The van der Waals surface area contributed by atoms with E-state index in [9.17, 15) is 24.3 Å². The first-order valence-electron chi connectivity index (χ1n) is 18.3. The van der Waals surface area contributed by atoms with Crippen molar-refractivity contribution in [3.63, 3.8) is 0 Å². The molecule has 0 spiro atoms. The van der Waals surface area contributed by atoms with E-state index < -0.39 is 15.6 Å². The SMILES string of the molecule is CCc1ccc(C(O)COc2ccc(CC3(C)SC(=O)NC3=O)cc2)nc1.CCc1ccc(CCOc2ccc(CC(CC)(SC)C(=O)NC=O)cc2)nc1. The van der Waals surface area contributed by atoms with Crippen molar-refractivity contribution in [2.75, 3.05) is 19.5 Å². The molecule has 55 heavy (non-hydrogen) atoms. The third-order valence-corrected chi connectivity index (χ3v) is 11.9. The van der Waals surface area contributed by atoms with E-state index in [2.05, 4.69) is 40.5 Å². The first-order valence-corrected chi connectivity index (χ1v) is 20.3. The normalized spacial score (nSPS) is 16.5. The minimum atomic E-state index is -0.806. The van der Waals surface area contributed by atoms with E-state index in [-0.39, 0.29) is 23.7 Å². The number of aryl methyl sites for hydroxylation is 2. The summed E-state index contributed by atoms with van der Waals surface area (Å²) in [5, 5.41) is 14.5. The van der Waals surface area contributed by atoms with Crippen molar-refractivity contribution < 1.29 is 33.8 Å². The summed E-state index contributed by atoms with van der Waals surface area (Å²) in [6.07, 6.45) is 9.49. The number of aliphatic hydroxyl groups is 1. The van der Waals surface area contributed by atoms with Crippen molar-refractivity contribution in [2.24, 2.45) is 0 Å². The maximum atomic E-state index is 12.3. The number of nitrogens with one attached hydrogen (secondary N) is 2. The maximum absolute atomic E-state index is 12.3. The van der Waals surface area contributed by atoms with E-state index >= 15 is 0 Å². The molecule has 2 aromatic carbocycles. The van der Waals surface area contributed by atoms with Crippen LogP contribution in [0.3, 0.4) is 0 Å². The summed E-state index contributed by atoms with van der Waals surface area (Å²) in [7, 11) is 0. The van der Waals surface area contributed by atoms with Gasteiger partial charge in [-0.1, -0.05) is 57.2 Å². The maximum Gasteiger partial charge on any atom is 0.286 e. The number of aromatic nitrogens is 2. The highest BCUT2D eigenvalue weighted by Gasteiger charge is 2.43. The third-order valence-electron chi connectivity index (χ3n) is 9.38. The summed E-state index contributed by atoms with van der Waals surface area (Å²) in [5.41, 5.74) is 5.90. The molecule has 1 aliphatic rings. The second-order valence-electron chi connectivity index (χ2n) is 13.2. The zero-order chi connectivity index (χ0) is 39.8. The van der Waals surface area contributed by atoms with Gasteiger partial charge in [0.05, 0.1) is 17.0 Å². The topological polar surface area (TPSA) is 157 Å². The molecule has 0 bridgehead atoms. The summed E-state index contributed by atoms with van der Waals surface area (Å²) < 4.78 is 10.0. The molecule has 1 fully saturated rings. The Bertz CT molecular complexity index is 1850. The number of hydrogen-bond donors (Lipinski definition) is 3. The number of carbonyl (C=O) groups excluding carboxylic acids is 4. The van der Waals surface area contributed by atoms with Gasteiger partial charge in [0.2, 0.25) is 18.2 Å². The summed E-state index contributed by atoms with van der Waals surface area (Å²) in [4.78, 5) is 55.0. The molecule has 3 N–H and O–H groups in total. The highest BCUT2D eigenvalue weighted by molar-refractivity contribution is 8.16. The Labute approximate surface area is 331 Å². The predicted octanol–water partition coefficient (Wildman–Crippen LogP) is 6.63. The number of ether oxygens (including phenoxy) is 2. The molecule has 3 unspecified atom stereocenters. The Morgan fingerprint density at radius 2 is 1.51 bits per heavy atom. The quantitative estimate of drug-likeness (QED) is 0.0931. The molecule has 292 valence electrons.